The lowest BCUT2D eigenvalue weighted by Crippen LogP contribution is -2.14. The highest BCUT2D eigenvalue weighted by Gasteiger charge is 2.27. The van der Waals surface area contributed by atoms with Crippen LogP contribution in [0.1, 0.15) is 34.0 Å². The number of phenolic OH excluding ortho intramolecular Hbond substituents is 1. The van der Waals surface area contributed by atoms with Gasteiger partial charge in [-0.05, 0) is 83.2 Å². The van der Waals surface area contributed by atoms with Crippen molar-refractivity contribution in [3.05, 3.63) is 88.0 Å². The van der Waals surface area contributed by atoms with Crippen molar-refractivity contribution >= 4 is 40.2 Å². The van der Waals surface area contributed by atoms with Crippen LogP contribution in [0.25, 0.3) is 5.57 Å². The SMILES string of the molecule is CC(=S)Nc1ccc(C2=C3C=CC(=O)C=C3Cc3cc(O)ccc32)c(C(=O)O)c1. The van der Waals surface area contributed by atoms with E-state index in [0.29, 0.717) is 22.7 Å². The molecule has 0 atom stereocenters. The Morgan fingerprint density at radius 3 is 2.59 bits per heavy atom. The lowest BCUT2D eigenvalue weighted by molar-refractivity contribution is -0.110. The zero-order chi connectivity index (χ0) is 20.7. The van der Waals surface area contributed by atoms with Gasteiger partial charge < -0.3 is 15.5 Å². The van der Waals surface area contributed by atoms with Crippen molar-refractivity contribution in [3.8, 4) is 5.75 Å². The molecule has 4 rings (SSSR count). The zero-order valence-electron chi connectivity index (χ0n) is 15.5. The molecule has 2 aliphatic rings. The predicted molar refractivity (Wildman–Crippen MR) is 115 cm³/mol. The minimum Gasteiger partial charge on any atom is -0.508 e. The first-order valence-electron chi connectivity index (χ1n) is 8.98. The summed E-state index contributed by atoms with van der Waals surface area (Å²) in [6.45, 7) is 1.72. The Balaban J connectivity index is 2.00. The molecule has 0 spiro atoms. The molecule has 0 aliphatic heterocycles. The number of fused-ring (bicyclic) bond motifs is 2. The second-order valence-electron chi connectivity index (χ2n) is 6.96. The minimum absolute atomic E-state index is 0.110. The highest BCUT2D eigenvalue weighted by Crippen LogP contribution is 2.42. The van der Waals surface area contributed by atoms with E-state index in [1.165, 1.54) is 6.08 Å². The van der Waals surface area contributed by atoms with Gasteiger partial charge >= 0.3 is 5.97 Å². The van der Waals surface area contributed by atoms with Crippen LogP contribution in [0.2, 0.25) is 0 Å². The van der Waals surface area contributed by atoms with Crippen LogP contribution in [0.4, 0.5) is 5.69 Å². The Kier molecular flexibility index (Phi) is 4.64. The summed E-state index contributed by atoms with van der Waals surface area (Å²) in [5.74, 6) is -1.05. The summed E-state index contributed by atoms with van der Waals surface area (Å²) in [5.41, 5.74) is 5.28. The monoisotopic (exact) mass is 403 g/mol. The second-order valence-corrected chi connectivity index (χ2v) is 7.57. The number of anilines is 1. The molecule has 5 nitrogen and oxygen atoms in total. The molecule has 0 bridgehead atoms. The number of aromatic hydroxyl groups is 1. The molecule has 0 saturated heterocycles. The molecular formula is C23H17NO4S. The largest absolute Gasteiger partial charge is 0.508 e. The summed E-state index contributed by atoms with van der Waals surface area (Å²) in [5, 5.41) is 22.8. The van der Waals surface area contributed by atoms with E-state index in [0.717, 1.165) is 27.8 Å². The zero-order valence-corrected chi connectivity index (χ0v) is 16.3. The lowest BCUT2D eigenvalue weighted by Gasteiger charge is -2.27. The van der Waals surface area contributed by atoms with Crippen LogP contribution in [-0.4, -0.2) is 27.0 Å². The summed E-state index contributed by atoms with van der Waals surface area (Å²) < 4.78 is 0. The lowest BCUT2D eigenvalue weighted by atomic mass is 9.76. The molecule has 2 aromatic carbocycles. The number of hydrogen-bond donors (Lipinski definition) is 3. The van der Waals surface area contributed by atoms with Gasteiger partial charge in [-0.3, -0.25) is 4.79 Å². The molecule has 29 heavy (non-hydrogen) atoms. The number of phenols is 1. The molecule has 0 radical (unpaired) electrons. The average molecular weight is 403 g/mol. The normalized spacial score (nSPS) is 14.8. The number of thiocarbonyl (C=S) groups is 1. The van der Waals surface area contributed by atoms with Crippen LogP contribution in [0.5, 0.6) is 5.75 Å². The smallest absolute Gasteiger partial charge is 0.336 e. The number of carbonyl (C=O) groups excluding carboxylic acids is 1. The van der Waals surface area contributed by atoms with E-state index >= 15 is 0 Å². The fourth-order valence-electron chi connectivity index (χ4n) is 3.79. The number of nitrogens with one attached hydrogen (secondary N) is 1. The highest BCUT2D eigenvalue weighted by molar-refractivity contribution is 7.80. The summed E-state index contributed by atoms with van der Waals surface area (Å²) in [6, 6.07) is 10.1. The van der Waals surface area contributed by atoms with Crippen molar-refractivity contribution in [2.24, 2.45) is 0 Å². The maximum absolute atomic E-state index is 12.1. The number of carbonyl (C=O) groups is 2. The minimum atomic E-state index is -1.06. The Bertz CT molecular complexity index is 1190. The van der Waals surface area contributed by atoms with Gasteiger partial charge in [-0.15, -0.1) is 0 Å². The number of allylic oxidation sites excluding steroid dienone is 5. The van der Waals surface area contributed by atoms with Crippen molar-refractivity contribution in [1.82, 2.24) is 0 Å². The predicted octanol–water partition coefficient (Wildman–Crippen LogP) is 4.27. The maximum atomic E-state index is 12.1. The van der Waals surface area contributed by atoms with Gasteiger partial charge in [0.1, 0.15) is 5.75 Å². The first kappa shape index (κ1) is 18.8. The van der Waals surface area contributed by atoms with Crippen molar-refractivity contribution in [1.29, 1.82) is 0 Å². The number of hydrogen-bond acceptors (Lipinski definition) is 4. The maximum Gasteiger partial charge on any atom is 0.336 e. The van der Waals surface area contributed by atoms with E-state index in [1.807, 2.05) is 0 Å². The number of carboxylic acid groups (broad SMARTS) is 1. The van der Waals surface area contributed by atoms with E-state index in [4.69, 9.17) is 12.2 Å². The Labute approximate surface area is 172 Å². The third-order valence-electron chi connectivity index (χ3n) is 4.92. The van der Waals surface area contributed by atoms with Gasteiger partial charge in [0.05, 0.1) is 10.6 Å². The summed E-state index contributed by atoms with van der Waals surface area (Å²) in [7, 11) is 0. The number of carboxylic acids is 1. The van der Waals surface area contributed by atoms with Gasteiger partial charge in [-0.2, -0.15) is 0 Å². The molecule has 0 unspecified atom stereocenters. The Morgan fingerprint density at radius 1 is 1.10 bits per heavy atom. The summed E-state index contributed by atoms with van der Waals surface area (Å²) in [6.07, 6.45) is 5.27. The number of rotatable bonds is 3. The molecule has 3 N–H and O–H groups in total. The van der Waals surface area contributed by atoms with E-state index in [9.17, 15) is 19.8 Å². The van der Waals surface area contributed by atoms with Crippen molar-refractivity contribution in [2.45, 2.75) is 13.3 Å². The van der Waals surface area contributed by atoms with E-state index in [2.05, 4.69) is 5.32 Å². The molecule has 2 aromatic rings. The van der Waals surface area contributed by atoms with E-state index < -0.39 is 5.97 Å². The van der Waals surface area contributed by atoms with E-state index in [-0.39, 0.29) is 17.1 Å². The standard InChI is InChI=1S/C23H17NO4S/c1-12(29)24-15-2-5-20(21(11-15)23(27)28)22-18-6-3-16(25)9-13(18)8-14-10-17(26)4-7-19(14)22/h2-7,9-11,25H,8H2,1H3,(H,24,29)(H,27,28). The van der Waals surface area contributed by atoms with Gasteiger partial charge in [-0.25, -0.2) is 4.79 Å². The van der Waals surface area contributed by atoms with Gasteiger partial charge in [0.25, 0.3) is 0 Å². The van der Waals surface area contributed by atoms with Gasteiger partial charge in [0, 0.05) is 5.69 Å². The molecule has 2 aliphatic carbocycles. The third kappa shape index (κ3) is 3.50. The van der Waals surface area contributed by atoms with Crippen LogP contribution in [-0.2, 0) is 11.2 Å². The topological polar surface area (TPSA) is 86.6 Å². The van der Waals surface area contributed by atoms with Gasteiger partial charge in [0.2, 0.25) is 0 Å². The summed E-state index contributed by atoms with van der Waals surface area (Å²) >= 11 is 5.06. The van der Waals surface area contributed by atoms with Crippen molar-refractivity contribution in [2.75, 3.05) is 5.32 Å². The van der Waals surface area contributed by atoms with Crippen LogP contribution >= 0.6 is 12.2 Å². The van der Waals surface area contributed by atoms with Gasteiger partial charge in [0.15, 0.2) is 5.78 Å². The van der Waals surface area contributed by atoms with Crippen LogP contribution < -0.4 is 5.32 Å². The van der Waals surface area contributed by atoms with E-state index in [1.54, 1.807) is 55.5 Å². The van der Waals surface area contributed by atoms with Crippen molar-refractivity contribution < 1.29 is 19.8 Å². The fourth-order valence-corrected chi connectivity index (χ4v) is 3.91. The molecule has 0 heterocycles. The average Bonchev–Trinajstić information content (AvgIpc) is 2.65. The first-order chi connectivity index (χ1) is 13.8. The van der Waals surface area contributed by atoms with Crippen LogP contribution in [0.15, 0.2) is 65.8 Å². The van der Waals surface area contributed by atoms with Crippen LogP contribution in [0, 0.1) is 0 Å². The Morgan fingerprint density at radius 2 is 1.86 bits per heavy atom. The highest BCUT2D eigenvalue weighted by atomic mass is 32.1. The number of benzene rings is 2. The first-order valence-corrected chi connectivity index (χ1v) is 9.39. The number of aromatic carboxylic acids is 1. The van der Waals surface area contributed by atoms with Gasteiger partial charge in [-0.1, -0.05) is 30.4 Å². The molecule has 0 aromatic heterocycles. The quantitative estimate of drug-likeness (QED) is 0.664. The number of ketones is 1. The third-order valence-corrected chi connectivity index (χ3v) is 5.03. The molecule has 0 saturated carbocycles. The fraction of sp³-hybridized carbons (Fsp3) is 0.0870. The molecular weight excluding hydrogens is 386 g/mol. The van der Waals surface area contributed by atoms with Crippen LogP contribution in [0.3, 0.4) is 0 Å². The van der Waals surface area contributed by atoms with Crippen molar-refractivity contribution in [3.63, 3.8) is 0 Å². The molecule has 0 fully saturated rings. The Hall–Kier alpha value is -3.51. The molecule has 144 valence electrons. The summed E-state index contributed by atoms with van der Waals surface area (Å²) in [4.78, 5) is 24.5. The molecule has 6 heteroatoms. The molecule has 0 amide bonds. The second kappa shape index (κ2) is 7.14.